The Labute approximate surface area is 296 Å². The van der Waals surface area contributed by atoms with Crippen LogP contribution in [-0.2, 0) is 23.9 Å². The number of aldehydes is 1. The molecule has 0 fully saturated rings. The molecule has 0 aromatic heterocycles. The van der Waals surface area contributed by atoms with E-state index < -0.39 is 111 Å². The molecule has 54 heavy (non-hydrogen) atoms. The lowest BCUT2D eigenvalue weighted by Crippen LogP contribution is -2.19. The van der Waals surface area contributed by atoms with Gasteiger partial charge in [0.2, 0.25) is 0 Å². The number of benzene rings is 2. The Bertz CT molecular complexity index is 1880. The normalized spacial score (nSPS) is 12.4. The molecule has 2 N–H and O–H groups in total. The predicted molar refractivity (Wildman–Crippen MR) is 161 cm³/mol. The third-order valence-corrected chi connectivity index (χ3v) is 5.12. The van der Waals surface area contributed by atoms with Gasteiger partial charge in [0, 0.05) is 35.9 Å². The van der Waals surface area contributed by atoms with Gasteiger partial charge in [-0.3, -0.25) is 9.59 Å². The Morgan fingerprint density at radius 3 is 1.59 bits per heavy atom. The molecule has 0 amide bonds. The van der Waals surface area contributed by atoms with Gasteiger partial charge in [-0.25, -0.2) is 62.3 Å². The van der Waals surface area contributed by atoms with Crippen LogP contribution in [0.25, 0.3) is 0 Å². The summed E-state index contributed by atoms with van der Waals surface area (Å²) in [5, 5.41) is 25.9. The number of rotatable bonds is 10. The number of aliphatic hydroxyl groups excluding tert-OH is 2. The van der Waals surface area contributed by atoms with E-state index in [2.05, 4.69) is 22.6 Å². The lowest BCUT2D eigenvalue weighted by atomic mass is 10.1. The van der Waals surface area contributed by atoms with Gasteiger partial charge in [0.25, 0.3) is 5.78 Å². The van der Waals surface area contributed by atoms with Crippen molar-refractivity contribution in [1.29, 1.82) is 5.26 Å². The summed E-state index contributed by atoms with van der Waals surface area (Å²) in [6.07, 6.45) is -2.32. The zero-order chi connectivity index (χ0) is 42.5. The number of nitrogens with zero attached hydrogens (tertiary/aromatic N) is 1. The molecular weight excluding hydrogens is 766 g/mol. The third kappa shape index (κ3) is 18.3. The first-order valence-corrected chi connectivity index (χ1v) is 13.4. The number of aliphatic hydroxyl groups is 2. The largest absolute Gasteiger partial charge is 0.467 e. The highest BCUT2D eigenvalue weighted by atomic mass is 19.2. The van der Waals surface area contributed by atoms with Crippen molar-refractivity contribution in [2.24, 2.45) is 0 Å². The van der Waals surface area contributed by atoms with E-state index in [4.69, 9.17) is 15.5 Å². The van der Waals surface area contributed by atoms with Gasteiger partial charge in [-0.15, -0.1) is 0 Å². The van der Waals surface area contributed by atoms with Crippen molar-refractivity contribution < 1.29 is 91.5 Å². The van der Waals surface area contributed by atoms with Crippen LogP contribution >= 0.6 is 0 Å². The van der Waals surface area contributed by atoms with Crippen LogP contribution in [0.5, 0.6) is 0 Å². The lowest BCUT2D eigenvalue weighted by molar-refractivity contribution is -0.147. The van der Waals surface area contributed by atoms with E-state index in [1.165, 1.54) is 6.07 Å². The number of hydrogen-bond donors (Lipinski definition) is 2. The minimum atomic E-state index is -1.87. The summed E-state index contributed by atoms with van der Waals surface area (Å²) in [6.45, 7) is 5.16. The zero-order valence-corrected chi connectivity index (χ0v) is 27.1. The minimum Gasteiger partial charge on any atom is -0.467 e. The van der Waals surface area contributed by atoms with E-state index in [1.54, 1.807) is 0 Å². The van der Waals surface area contributed by atoms with E-state index in [1.807, 2.05) is 0 Å². The summed E-state index contributed by atoms with van der Waals surface area (Å²) in [6, 6.07) is 2.53. The number of carbonyl (C=O) groups excluding carboxylic acids is 4. The second-order valence-electron chi connectivity index (χ2n) is 8.89. The highest BCUT2D eigenvalue weighted by Crippen LogP contribution is 2.20. The molecule has 0 saturated carbocycles. The Balaban J connectivity index is 0. The Kier molecular flexibility index (Phi) is 22.9. The molecule has 2 rings (SSSR count). The maximum absolute atomic E-state index is 12.9. The average molecular weight is 790 g/mol. The molecule has 0 radical (unpaired) electrons. The number of methoxy groups -OCH3 is 2. The van der Waals surface area contributed by atoms with Crippen LogP contribution in [0.3, 0.4) is 0 Å². The molecule has 292 valence electrons. The first kappa shape index (κ1) is 49.8. The Morgan fingerprint density at radius 1 is 0.722 bits per heavy atom. The number of ketones is 1. The topological polar surface area (TPSA) is 151 Å². The first-order valence-electron chi connectivity index (χ1n) is 13.4. The van der Waals surface area contributed by atoms with Crippen molar-refractivity contribution in [3.8, 4) is 6.07 Å². The third-order valence-electron chi connectivity index (χ3n) is 5.12. The smallest absolute Gasteiger partial charge is 0.379 e. The predicted octanol–water partition coefficient (Wildman–Crippen LogP) is 7.21. The van der Waals surface area contributed by atoms with Gasteiger partial charge in [-0.2, -0.15) is 5.26 Å². The molecule has 0 aliphatic rings. The summed E-state index contributed by atoms with van der Waals surface area (Å²) in [4.78, 5) is 41.9. The minimum absolute atomic E-state index is 0.125. The molecule has 0 aliphatic carbocycles. The van der Waals surface area contributed by atoms with Crippen molar-refractivity contribution in [3.05, 3.63) is 143 Å². The number of carbonyl (C=O) groups is 4. The van der Waals surface area contributed by atoms with E-state index >= 15 is 0 Å². The standard InChI is InChI=1S/C9H5F3O3.C9H9F3O3.C8H4F3NO.C7H5F3O/c1-15-9(14)8(13)4-2-6(11)7(12)3-5(4)10;1-5(10)7(12)3-6(11)4-8(13)9(14)15-2;9-5-2-7(11)6(10)1-4(5)8(13)3-12;1-5(8)7(10)4-6(9)2-3-11/h2-3H,1H3;3-4,8,13H,1H2,2H3;1-2,8,13H;2-4H,1H2/b;6-4-,7-3+;;6-2-,7-4+. The van der Waals surface area contributed by atoms with Crippen molar-refractivity contribution in [2.75, 3.05) is 14.2 Å². The first-order chi connectivity index (χ1) is 25.0. The molecule has 0 saturated heterocycles. The number of Topliss-reactive ketones (excluding diaryl/α,β-unsaturated/α-hetero) is 1. The number of esters is 2. The average Bonchev–Trinajstić information content (AvgIpc) is 3.10. The van der Waals surface area contributed by atoms with Gasteiger partial charge < -0.3 is 19.7 Å². The highest BCUT2D eigenvalue weighted by molar-refractivity contribution is 6.40. The number of halogens is 12. The summed E-state index contributed by atoms with van der Waals surface area (Å²) < 4.78 is 157. The SMILES string of the molecule is C=C(F)/C(F)=C\C(F)=C\C(O)C(=O)OC.C=C(F)/C(F)=C\C(F)=C\C=O.COC(=O)C(=O)c1cc(F)c(F)cc1F.N#CC(O)c1cc(F)c(F)cc1F. The number of hydrogen-bond acceptors (Lipinski definition) is 9. The maximum Gasteiger partial charge on any atom is 0.379 e. The summed E-state index contributed by atoms with van der Waals surface area (Å²) >= 11 is 0. The van der Waals surface area contributed by atoms with Crippen LogP contribution in [0.2, 0.25) is 0 Å². The molecular formula is C33H23F12NO8. The Morgan fingerprint density at radius 2 is 1.17 bits per heavy atom. The van der Waals surface area contributed by atoms with Crippen LogP contribution < -0.4 is 0 Å². The molecule has 2 aromatic carbocycles. The van der Waals surface area contributed by atoms with Crippen LogP contribution in [0, 0.1) is 46.2 Å². The summed E-state index contributed by atoms with van der Waals surface area (Å²) in [5.41, 5.74) is -1.43. The van der Waals surface area contributed by atoms with E-state index in [0.717, 1.165) is 14.2 Å². The van der Waals surface area contributed by atoms with Crippen LogP contribution in [0.4, 0.5) is 52.7 Å². The quantitative estimate of drug-likeness (QED) is 0.0293. The monoisotopic (exact) mass is 789 g/mol. The number of nitriles is 1. The van der Waals surface area contributed by atoms with E-state index in [0.29, 0.717) is 24.3 Å². The molecule has 2 unspecified atom stereocenters. The molecule has 9 nitrogen and oxygen atoms in total. The summed E-state index contributed by atoms with van der Waals surface area (Å²) in [7, 11) is 1.90. The zero-order valence-electron chi connectivity index (χ0n) is 27.1. The van der Waals surface area contributed by atoms with Crippen molar-refractivity contribution in [2.45, 2.75) is 12.2 Å². The summed E-state index contributed by atoms with van der Waals surface area (Å²) in [5.74, 6) is -20.0. The Hall–Kier alpha value is -6.27. The molecule has 0 aliphatic heterocycles. The fourth-order valence-electron chi connectivity index (χ4n) is 2.62. The fraction of sp³-hybridized carbons (Fsp3) is 0.121. The molecule has 0 spiro atoms. The van der Waals surface area contributed by atoms with Crippen molar-refractivity contribution >= 4 is 24.0 Å². The number of ether oxygens (including phenoxy) is 2. The van der Waals surface area contributed by atoms with Crippen LogP contribution in [0.15, 0.2) is 96.7 Å². The number of allylic oxidation sites excluding steroid dienone is 9. The second-order valence-corrected chi connectivity index (χ2v) is 8.89. The van der Waals surface area contributed by atoms with E-state index in [-0.39, 0.29) is 30.6 Å². The lowest BCUT2D eigenvalue weighted by Gasteiger charge is -2.03. The molecule has 2 aromatic rings. The van der Waals surface area contributed by atoms with Gasteiger partial charge in [0.05, 0.1) is 25.9 Å². The van der Waals surface area contributed by atoms with Gasteiger partial charge >= 0.3 is 11.9 Å². The van der Waals surface area contributed by atoms with Gasteiger partial charge in [0.1, 0.15) is 29.6 Å². The van der Waals surface area contributed by atoms with Crippen molar-refractivity contribution in [1.82, 2.24) is 0 Å². The van der Waals surface area contributed by atoms with Crippen LogP contribution in [0.1, 0.15) is 22.0 Å². The van der Waals surface area contributed by atoms with Gasteiger partial charge in [-0.1, -0.05) is 13.2 Å². The second kappa shape index (κ2) is 24.8. The highest BCUT2D eigenvalue weighted by Gasteiger charge is 2.23. The molecule has 2 atom stereocenters. The van der Waals surface area contributed by atoms with Gasteiger partial charge in [0.15, 0.2) is 58.8 Å². The molecule has 0 bridgehead atoms. The molecule has 21 heteroatoms. The maximum atomic E-state index is 12.9. The van der Waals surface area contributed by atoms with Crippen molar-refractivity contribution in [3.63, 3.8) is 0 Å². The van der Waals surface area contributed by atoms with Gasteiger partial charge in [-0.05, 0) is 18.2 Å². The van der Waals surface area contributed by atoms with Crippen LogP contribution in [-0.4, -0.2) is 54.5 Å². The van der Waals surface area contributed by atoms with E-state index in [9.17, 15) is 71.9 Å². The fourth-order valence-corrected chi connectivity index (χ4v) is 2.62. The molecule has 0 heterocycles.